The standard InChI is InChI=1S/C8H3I3O4.ClH/c9-3-1-2(7(12)13)5(10)4(6(3)11)8(14)15;/h1H,(H,12,13)(H,14,15);1H. The van der Waals surface area contributed by atoms with Gasteiger partial charge in [0.05, 0.1) is 11.1 Å². The molecule has 0 unspecified atom stereocenters. The number of aromatic carboxylic acids is 2. The Morgan fingerprint density at radius 3 is 1.88 bits per heavy atom. The van der Waals surface area contributed by atoms with E-state index in [9.17, 15) is 9.59 Å². The Kier molecular flexibility index (Phi) is 6.80. The normalized spacial score (nSPS) is 9.44. The fraction of sp³-hybridized carbons (Fsp3) is 0. The van der Waals surface area contributed by atoms with Gasteiger partial charge < -0.3 is 10.2 Å². The number of carboxylic acids is 2. The lowest BCUT2D eigenvalue weighted by atomic mass is 10.1. The molecule has 0 radical (unpaired) electrons. The molecular weight excluding hydrogens is 576 g/mol. The number of hydrogen-bond donors (Lipinski definition) is 2. The summed E-state index contributed by atoms with van der Waals surface area (Å²) in [4.78, 5) is 21.8. The highest BCUT2D eigenvalue weighted by molar-refractivity contribution is 14.1. The zero-order chi connectivity index (χ0) is 11.7. The van der Waals surface area contributed by atoms with Crippen LogP contribution in [-0.2, 0) is 0 Å². The summed E-state index contributed by atoms with van der Waals surface area (Å²) in [6.07, 6.45) is 0. The Labute approximate surface area is 138 Å². The van der Waals surface area contributed by atoms with Crippen molar-refractivity contribution < 1.29 is 19.8 Å². The fourth-order valence-electron chi connectivity index (χ4n) is 0.947. The Hall–Kier alpha value is 0.640. The molecule has 0 saturated carbocycles. The molecule has 4 nitrogen and oxygen atoms in total. The van der Waals surface area contributed by atoms with Crippen molar-refractivity contribution in [2.75, 3.05) is 0 Å². The van der Waals surface area contributed by atoms with E-state index in [1.165, 1.54) is 6.07 Å². The third-order valence-corrected chi connectivity index (χ3v) is 5.72. The molecule has 0 saturated heterocycles. The molecule has 1 aromatic carbocycles. The Morgan fingerprint density at radius 2 is 1.50 bits per heavy atom. The predicted octanol–water partition coefficient (Wildman–Crippen LogP) is 3.32. The van der Waals surface area contributed by atoms with Gasteiger partial charge in [-0.2, -0.15) is 0 Å². The minimum Gasteiger partial charge on any atom is -0.478 e. The molecule has 0 fully saturated rings. The van der Waals surface area contributed by atoms with Crippen LogP contribution in [0.5, 0.6) is 0 Å². The van der Waals surface area contributed by atoms with Crippen LogP contribution in [0.3, 0.4) is 0 Å². The minimum atomic E-state index is -1.11. The van der Waals surface area contributed by atoms with E-state index in [2.05, 4.69) is 0 Å². The van der Waals surface area contributed by atoms with Crippen LogP contribution in [0.2, 0.25) is 0 Å². The van der Waals surface area contributed by atoms with Gasteiger partial charge in [-0.05, 0) is 73.8 Å². The van der Waals surface area contributed by atoms with Gasteiger partial charge in [-0.15, -0.1) is 12.4 Å². The van der Waals surface area contributed by atoms with Crippen LogP contribution in [0.15, 0.2) is 6.07 Å². The summed E-state index contributed by atoms with van der Waals surface area (Å²) in [5, 5.41) is 17.9. The topological polar surface area (TPSA) is 74.6 Å². The van der Waals surface area contributed by atoms with E-state index in [0.29, 0.717) is 7.14 Å². The molecule has 2 N–H and O–H groups in total. The average molecular weight is 580 g/mol. The van der Waals surface area contributed by atoms with Gasteiger partial charge in [-0.1, -0.05) is 0 Å². The maximum Gasteiger partial charge on any atom is 0.337 e. The van der Waals surface area contributed by atoms with Crippen molar-refractivity contribution in [3.05, 3.63) is 27.9 Å². The molecule has 0 aliphatic rings. The molecular formula is C8H4ClI3O4. The SMILES string of the molecule is Cl.O=C(O)c1cc(I)c(I)c(C(=O)O)c1I. The summed E-state index contributed by atoms with van der Waals surface area (Å²) >= 11 is 5.57. The van der Waals surface area contributed by atoms with Crippen LogP contribution in [-0.4, -0.2) is 22.2 Å². The van der Waals surface area contributed by atoms with Crippen molar-refractivity contribution >= 4 is 92.1 Å². The summed E-state index contributed by atoms with van der Waals surface area (Å²) in [5.74, 6) is -2.22. The highest BCUT2D eigenvalue weighted by atomic mass is 127. The number of hydrogen-bond acceptors (Lipinski definition) is 2. The van der Waals surface area contributed by atoms with E-state index < -0.39 is 11.9 Å². The maximum absolute atomic E-state index is 11.0. The Bertz CT molecular complexity index is 461. The van der Waals surface area contributed by atoms with E-state index in [0.717, 1.165) is 0 Å². The third kappa shape index (κ3) is 3.32. The van der Waals surface area contributed by atoms with Gasteiger partial charge in [-0.25, -0.2) is 9.59 Å². The number of rotatable bonds is 2. The van der Waals surface area contributed by atoms with Crippen LogP contribution in [0, 0.1) is 10.7 Å². The zero-order valence-electron chi connectivity index (χ0n) is 7.33. The van der Waals surface area contributed by atoms with Gasteiger partial charge in [-0.3, -0.25) is 0 Å². The van der Waals surface area contributed by atoms with Crippen LogP contribution >= 0.6 is 80.2 Å². The lowest BCUT2D eigenvalue weighted by Gasteiger charge is -2.08. The number of benzene rings is 1. The van der Waals surface area contributed by atoms with Crippen LogP contribution in [0.4, 0.5) is 0 Å². The largest absolute Gasteiger partial charge is 0.478 e. The maximum atomic E-state index is 11.0. The highest BCUT2D eigenvalue weighted by Crippen LogP contribution is 2.27. The van der Waals surface area contributed by atoms with Crippen LogP contribution in [0.1, 0.15) is 20.7 Å². The van der Waals surface area contributed by atoms with E-state index in [1.807, 2.05) is 45.2 Å². The van der Waals surface area contributed by atoms with Crippen LogP contribution < -0.4 is 0 Å². The first kappa shape index (κ1) is 16.6. The lowest BCUT2D eigenvalue weighted by molar-refractivity contribution is 0.0694. The smallest absolute Gasteiger partial charge is 0.337 e. The second-order valence-corrected chi connectivity index (χ2v) is 5.84. The zero-order valence-corrected chi connectivity index (χ0v) is 14.6. The average Bonchev–Trinajstić information content (AvgIpc) is 2.10. The molecule has 0 atom stereocenters. The summed E-state index contributed by atoms with van der Waals surface area (Å²) in [7, 11) is 0. The van der Waals surface area contributed by atoms with E-state index in [4.69, 9.17) is 10.2 Å². The van der Waals surface area contributed by atoms with Gasteiger partial charge in [0.15, 0.2) is 0 Å². The molecule has 88 valence electrons. The third-order valence-electron chi connectivity index (χ3n) is 1.60. The van der Waals surface area contributed by atoms with Crippen molar-refractivity contribution in [2.24, 2.45) is 0 Å². The van der Waals surface area contributed by atoms with Crippen molar-refractivity contribution in [3.63, 3.8) is 0 Å². The summed E-state index contributed by atoms with van der Waals surface area (Å²) in [5.41, 5.74) is 0.0818. The molecule has 0 heterocycles. The Balaban J connectivity index is 0.00000225. The van der Waals surface area contributed by atoms with E-state index >= 15 is 0 Å². The molecule has 0 bridgehead atoms. The summed E-state index contributed by atoms with van der Waals surface area (Å²) in [6, 6.07) is 1.47. The van der Waals surface area contributed by atoms with Crippen molar-refractivity contribution in [2.45, 2.75) is 0 Å². The first-order valence-corrected chi connectivity index (χ1v) is 6.74. The highest BCUT2D eigenvalue weighted by Gasteiger charge is 2.21. The quantitative estimate of drug-likeness (QED) is 0.416. The number of carboxylic acid groups (broad SMARTS) is 2. The predicted molar refractivity (Wildman–Crippen MR) is 85.8 cm³/mol. The molecule has 0 aliphatic carbocycles. The van der Waals surface area contributed by atoms with Gasteiger partial charge >= 0.3 is 11.9 Å². The number of halogens is 4. The van der Waals surface area contributed by atoms with Crippen molar-refractivity contribution in [3.8, 4) is 0 Å². The molecule has 0 amide bonds. The summed E-state index contributed by atoms with van der Waals surface area (Å²) < 4.78 is 1.45. The van der Waals surface area contributed by atoms with Gasteiger partial charge in [0, 0.05) is 10.7 Å². The van der Waals surface area contributed by atoms with Crippen LogP contribution in [0.25, 0.3) is 0 Å². The number of carbonyl (C=O) groups is 2. The monoisotopic (exact) mass is 580 g/mol. The first-order valence-electron chi connectivity index (χ1n) is 3.50. The summed E-state index contributed by atoms with van der Waals surface area (Å²) in [6.45, 7) is 0. The van der Waals surface area contributed by atoms with Gasteiger partial charge in [0.2, 0.25) is 0 Å². The molecule has 0 aliphatic heterocycles. The van der Waals surface area contributed by atoms with E-state index in [1.54, 1.807) is 22.6 Å². The first-order chi connectivity index (χ1) is 6.86. The fourth-order valence-corrected chi connectivity index (χ4v) is 3.59. The molecule has 0 aromatic heterocycles. The minimum absolute atomic E-state index is 0. The Morgan fingerprint density at radius 1 is 1.00 bits per heavy atom. The lowest BCUT2D eigenvalue weighted by Crippen LogP contribution is -2.11. The molecule has 0 spiro atoms. The van der Waals surface area contributed by atoms with Gasteiger partial charge in [0.1, 0.15) is 0 Å². The second-order valence-electron chi connectivity index (χ2n) is 2.52. The molecule has 1 aromatic rings. The van der Waals surface area contributed by atoms with E-state index in [-0.39, 0.29) is 27.1 Å². The van der Waals surface area contributed by atoms with Crippen molar-refractivity contribution in [1.82, 2.24) is 0 Å². The van der Waals surface area contributed by atoms with Gasteiger partial charge in [0.25, 0.3) is 0 Å². The molecule has 16 heavy (non-hydrogen) atoms. The van der Waals surface area contributed by atoms with Crippen molar-refractivity contribution in [1.29, 1.82) is 0 Å². The second kappa shape index (κ2) is 6.54. The molecule has 1 rings (SSSR count). The molecule has 8 heteroatoms.